The highest BCUT2D eigenvalue weighted by Crippen LogP contribution is 2.47. The first-order valence-electron chi connectivity index (χ1n) is 5.95. The average molecular weight is 223 g/mol. The highest BCUT2D eigenvalue weighted by atomic mass is 19.1. The number of benzene rings is 1. The van der Waals surface area contributed by atoms with Crippen molar-refractivity contribution in [3.05, 3.63) is 29.3 Å². The van der Waals surface area contributed by atoms with Crippen molar-refractivity contribution in [1.29, 1.82) is 0 Å². The lowest BCUT2D eigenvalue weighted by Gasteiger charge is -2.33. The third-order valence-corrected chi connectivity index (χ3v) is 4.04. The number of anilines is 1. The molecule has 0 unspecified atom stereocenters. The zero-order chi connectivity index (χ0) is 11.2. The summed E-state index contributed by atoms with van der Waals surface area (Å²) >= 11 is 0. The summed E-state index contributed by atoms with van der Waals surface area (Å²) in [6.07, 6.45) is 5.68. The molecule has 2 aliphatic rings. The quantitative estimate of drug-likeness (QED) is 0.708. The number of rotatable bonds is 0. The molecule has 1 fully saturated rings. The minimum atomic E-state index is -0.454. The van der Waals surface area contributed by atoms with Gasteiger partial charge in [-0.2, -0.15) is 0 Å². The fraction of sp³-hybridized carbons (Fsp3) is 0.538. The first-order valence-corrected chi connectivity index (χ1v) is 5.95. The van der Waals surface area contributed by atoms with Gasteiger partial charge >= 0.3 is 0 Å². The summed E-state index contributed by atoms with van der Waals surface area (Å²) in [5, 5.41) is 3.11. The van der Waals surface area contributed by atoms with Crippen molar-refractivity contribution in [3.8, 4) is 0 Å². The van der Waals surface area contributed by atoms with Gasteiger partial charge in [0.05, 0.1) is 5.69 Å². The van der Waals surface area contributed by atoms with Gasteiger partial charge in [0.1, 0.15) is 11.6 Å². The molecule has 3 heteroatoms. The second-order valence-corrected chi connectivity index (χ2v) is 5.00. The molecule has 3 rings (SSSR count). The molecule has 0 radical (unpaired) electrons. The Kier molecular flexibility index (Phi) is 2.16. The van der Waals surface area contributed by atoms with E-state index in [2.05, 4.69) is 5.32 Å². The van der Waals surface area contributed by atoms with Crippen LogP contribution in [-0.2, 0) is 5.41 Å². The molecule has 1 N–H and O–H groups in total. The van der Waals surface area contributed by atoms with E-state index in [4.69, 9.17) is 0 Å². The predicted molar refractivity (Wildman–Crippen MR) is 59.6 cm³/mol. The predicted octanol–water partition coefficient (Wildman–Crippen LogP) is 3.59. The first-order chi connectivity index (χ1) is 7.71. The topological polar surface area (TPSA) is 12.0 Å². The fourth-order valence-electron chi connectivity index (χ4n) is 3.20. The monoisotopic (exact) mass is 223 g/mol. The lowest BCUT2D eigenvalue weighted by Crippen LogP contribution is -2.30. The van der Waals surface area contributed by atoms with E-state index in [0.717, 1.165) is 31.0 Å². The number of fused-ring (bicyclic) bond motifs is 2. The standard InChI is InChI=1S/C13H15F2N/c14-9-6-10-12(11(15)7-9)16-8-13(10)4-2-1-3-5-13/h6-7,16H,1-5,8H2. The lowest BCUT2D eigenvalue weighted by molar-refractivity contribution is 0.318. The summed E-state index contributed by atoms with van der Waals surface area (Å²) in [5.41, 5.74) is 1.39. The molecule has 1 saturated carbocycles. The van der Waals surface area contributed by atoms with Crippen LogP contribution in [0.4, 0.5) is 14.5 Å². The van der Waals surface area contributed by atoms with E-state index in [1.54, 1.807) is 0 Å². The molecule has 0 atom stereocenters. The molecule has 1 aliphatic carbocycles. The van der Waals surface area contributed by atoms with Crippen LogP contribution in [0.5, 0.6) is 0 Å². The van der Waals surface area contributed by atoms with Gasteiger partial charge in [-0.05, 0) is 24.5 Å². The zero-order valence-corrected chi connectivity index (χ0v) is 9.15. The lowest BCUT2D eigenvalue weighted by atomic mass is 9.71. The molecule has 1 heterocycles. The number of hydrogen-bond acceptors (Lipinski definition) is 1. The SMILES string of the molecule is Fc1cc(F)c2c(c1)C1(CCCCC1)CN2. The van der Waals surface area contributed by atoms with Gasteiger partial charge in [-0.25, -0.2) is 8.78 Å². The first kappa shape index (κ1) is 10.1. The highest BCUT2D eigenvalue weighted by molar-refractivity contribution is 5.61. The Morgan fingerprint density at radius 3 is 2.56 bits per heavy atom. The third kappa shape index (κ3) is 1.34. The van der Waals surface area contributed by atoms with Crippen molar-refractivity contribution >= 4 is 5.69 Å². The van der Waals surface area contributed by atoms with Gasteiger partial charge in [0.25, 0.3) is 0 Å². The average Bonchev–Trinajstić information content (AvgIpc) is 2.59. The van der Waals surface area contributed by atoms with Gasteiger partial charge in [-0.15, -0.1) is 0 Å². The Balaban J connectivity index is 2.10. The number of halogens is 2. The van der Waals surface area contributed by atoms with Crippen LogP contribution in [-0.4, -0.2) is 6.54 Å². The van der Waals surface area contributed by atoms with E-state index in [0.29, 0.717) is 5.69 Å². The normalized spacial score (nSPS) is 21.9. The molecule has 86 valence electrons. The smallest absolute Gasteiger partial charge is 0.149 e. The molecule has 0 amide bonds. The largest absolute Gasteiger partial charge is 0.382 e. The fourth-order valence-corrected chi connectivity index (χ4v) is 3.20. The maximum Gasteiger partial charge on any atom is 0.149 e. The van der Waals surface area contributed by atoms with Crippen LogP contribution < -0.4 is 5.32 Å². The second kappa shape index (κ2) is 3.44. The van der Waals surface area contributed by atoms with Crippen molar-refractivity contribution in [2.45, 2.75) is 37.5 Å². The van der Waals surface area contributed by atoms with Crippen LogP contribution in [0.3, 0.4) is 0 Å². The van der Waals surface area contributed by atoms with Crippen LogP contribution in [0.15, 0.2) is 12.1 Å². The molecule has 0 aromatic heterocycles. The van der Waals surface area contributed by atoms with Gasteiger partial charge in [-0.1, -0.05) is 19.3 Å². The number of hydrogen-bond donors (Lipinski definition) is 1. The number of nitrogens with one attached hydrogen (secondary N) is 1. The molecule has 1 aromatic rings. The van der Waals surface area contributed by atoms with Gasteiger partial charge in [0, 0.05) is 18.0 Å². The van der Waals surface area contributed by atoms with Crippen molar-refractivity contribution < 1.29 is 8.78 Å². The molecule has 0 saturated heterocycles. The molecular weight excluding hydrogens is 208 g/mol. The molecule has 1 aromatic carbocycles. The van der Waals surface area contributed by atoms with Crippen molar-refractivity contribution in [2.24, 2.45) is 0 Å². The summed E-state index contributed by atoms with van der Waals surface area (Å²) in [7, 11) is 0. The van der Waals surface area contributed by atoms with Crippen LogP contribution in [0.25, 0.3) is 0 Å². The summed E-state index contributed by atoms with van der Waals surface area (Å²) in [6, 6.07) is 2.48. The highest BCUT2D eigenvalue weighted by Gasteiger charge is 2.41. The Bertz CT molecular complexity index is 422. The van der Waals surface area contributed by atoms with E-state index in [1.165, 1.54) is 25.3 Å². The van der Waals surface area contributed by atoms with E-state index in [9.17, 15) is 8.78 Å². The van der Waals surface area contributed by atoms with E-state index >= 15 is 0 Å². The maximum atomic E-state index is 13.6. The Labute approximate surface area is 93.9 Å². The maximum absolute atomic E-state index is 13.6. The van der Waals surface area contributed by atoms with Crippen molar-refractivity contribution in [2.75, 3.05) is 11.9 Å². The van der Waals surface area contributed by atoms with Crippen LogP contribution in [0, 0.1) is 11.6 Å². The Morgan fingerprint density at radius 2 is 1.81 bits per heavy atom. The van der Waals surface area contributed by atoms with Crippen molar-refractivity contribution in [3.63, 3.8) is 0 Å². The minimum absolute atomic E-state index is 0.00345. The van der Waals surface area contributed by atoms with Crippen LogP contribution in [0.2, 0.25) is 0 Å². The van der Waals surface area contributed by atoms with Gasteiger partial charge in [0.2, 0.25) is 0 Å². The zero-order valence-electron chi connectivity index (χ0n) is 9.15. The van der Waals surface area contributed by atoms with E-state index < -0.39 is 11.6 Å². The van der Waals surface area contributed by atoms with Gasteiger partial charge < -0.3 is 5.32 Å². The van der Waals surface area contributed by atoms with E-state index in [1.807, 2.05) is 0 Å². The van der Waals surface area contributed by atoms with Gasteiger partial charge in [-0.3, -0.25) is 0 Å². The molecule has 1 nitrogen and oxygen atoms in total. The summed E-state index contributed by atoms with van der Waals surface area (Å²) in [6.45, 7) is 0.767. The van der Waals surface area contributed by atoms with E-state index in [-0.39, 0.29) is 5.41 Å². The Hall–Kier alpha value is -1.12. The summed E-state index contributed by atoms with van der Waals surface area (Å²) in [4.78, 5) is 0. The third-order valence-electron chi connectivity index (χ3n) is 4.04. The second-order valence-electron chi connectivity index (χ2n) is 5.00. The van der Waals surface area contributed by atoms with Crippen molar-refractivity contribution in [1.82, 2.24) is 0 Å². The summed E-state index contributed by atoms with van der Waals surface area (Å²) in [5.74, 6) is -0.901. The van der Waals surface area contributed by atoms with Crippen LogP contribution >= 0.6 is 0 Å². The molecule has 1 aliphatic heterocycles. The minimum Gasteiger partial charge on any atom is -0.382 e. The molecule has 1 spiro atoms. The molecule has 0 bridgehead atoms. The molecular formula is C13H15F2N. The van der Waals surface area contributed by atoms with Crippen LogP contribution in [0.1, 0.15) is 37.7 Å². The molecule has 16 heavy (non-hydrogen) atoms. The Morgan fingerprint density at radius 1 is 1.06 bits per heavy atom. The van der Waals surface area contributed by atoms with Gasteiger partial charge in [0.15, 0.2) is 0 Å². The summed E-state index contributed by atoms with van der Waals surface area (Å²) < 4.78 is 26.9.